The number of carbonyl (C=O) groups excluding carboxylic acids is 1. The Morgan fingerprint density at radius 2 is 2.24 bits per heavy atom. The number of aromatic nitrogens is 2. The van der Waals surface area contributed by atoms with Crippen LogP contribution in [-0.2, 0) is 6.54 Å². The van der Waals surface area contributed by atoms with Gasteiger partial charge < -0.3 is 5.73 Å². The number of nitrogens with zero attached hydrogens (tertiary/aromatic N) is 2. The van der Waals surface area contributed by atoms with E-state index < -0.39 is 0 Å². The maximum atomic E-state index is 12.2. The van der Waals surface area contributed by atoms with Crippen LogP contribution in [0.25, 0.3) is 0 Å². The Labute approximate surface area is 108 Å². The van der Waals surface area contributed by atoms with Crippen LogP contribution in [0.2, 0.25) is 0 Å². The topological polar surface area (TPSA) is 60.9 Å². The van der Waals surface area contributed by atoms with Gasteiger partial charge >= 0.3 is 0 Å². The zero-order valence-electron chi connectivity index (χ0n) is 9.35. The fourth-order valence-corrected chi connectivity index (χ4v) is 1.97. The number of nitrogens with two attached hydrogens (primary N) is 1. The van der Waals surface area contributed by atoms with E-state index in [0.29, 0.717) is 23.5 Å². The van der Waals surface area contributed by atoms with E-state index in [1.807, 2.05) is 6.92 Å². The van der Waals surface area contributed by atoms with Crippen molar-refractivity contribution in [2.45, 2.75) is 13.5 Å². The van der Waals surface area contributed by atoms with Crippen molar-refractivity contribution in [3.05, 3.63) is 46.2 Å². The number of rotatable bonds is 3. The fraction of sp³-hybridized carbons (Fsp3) is 0.167. The van der Waals surface area contributed by atoms with Crippen molar-refractivity contribution in [2.75, 3.05) is 5.73 Å². The average molecular weight is 294 g/mol. The molecule has 0 bridgehead atoms. The molecule has 2 rings (SSSR count). The second-order valence-electron chi connectivity index (χ2n) is 3.60. The summed E-state index contributed by atoms with van der Waals surface area (Å²) in [5.41, 5.74) is 7.49. The van der Waals surface area contributed by atoms with Gasteiger partial charge in [-0.1, -0.05) is 0 Å². The van der Waals surface area contributed by atoms with Gasteiger partial charge in [-0.25, -0.2) is 0 Å². The Kier molecular flexibility index (Phi) is 3.28. The minimum atomic E-state index is -0.0509. The van der Waals surface area contributed by atoms with Gasteiger partial charge in [0, 0.05) is 28.5 Å². The lowest BCUT2D eigenvalue weighted by molar-refractivity contribution is 0.102. The molecule has 0 fully saturated rings. The molecule has 0 aliphatic rings. The van der Waals surface area contributed by atoms with Crippen LogP contribution in [0.4, 0.5) is 5.69 Å². The lowest BCUT2D eigenvalue weighted by atomic mass is 10.1. The van der Waals surface area contributed by atoms with E-state index in [9.17, 15) is 4.79 Å². The molecule has 1 heterocycles. The molecule has 0 saturated heterocycles. The number of benzene rings is 1. The van der Waals surface area contributed by atoms with Crippen LogP contribution in [-0.4, -0.2) is 15.6 Å². The third kappa shape index (κ3) is 2.24. The van der Waals surface area contributed by atoms with Crippen LogP contribution >= 0.6 is 15.9 Å². The summed E-state index contributed by atoms with van der Waals surface area (Å²) < 4.78 is 2.40. The predicted octanol–water partition coefficient (Wildman–Crippen LogP) is 2.48. The molecular formula is C12H12BrN3O. The fourth-order valence-electron chi connectivity index (χ4n) is 1.59. The molecule has 0 aliphatic heterocycles. The van der Waals surface area contributed by atoms with Crippen molar-refractivity contribution >= 4 is 27.4 Å². The highest BCUT2D eigenvalue weighted by Crippen LogP contribution is 2.22. The number of carbonyl (C=O) groups is 1. The zero-order chi connectivity index (χ0) is 12.4. The van der Waals surface area contributed by atoms with Crippen LogP contribution in [0.1, 0.15) is 23.0 Å². The number of hydrogen-bond acceptors (Lipinski definition) is 3. The van der Waals surface area contributed by atoms with Crippen molar-refractivity contribution in [1.82, 2.24) is 9.78 Å². The molecule has 1 aromatic heterocycles. The van der Waals surface area contributed by atoms with E-state index in [1.165, 1.54) is 0 Å². The summed E-state index contributed by atoms with van der Waals surface area (Å²) in [5.74, 6) is -0.0509. The number of nitrogen functional groups attached to an aromatic ring is 1. The SMILES string of the molecule is CCn1nccc1C(=O)c1ccc(N)c(Br)c1. The van der Waals surface area contributed by atoms with E-state index in [0.717, 1.165) is 4.47 Å². The lowest BCUT2D eigenvalue weighted by Gasteiger charge is -2.05. The largest absolute Gasteiger partial charge is 0.398 e. The first-order chi connectivity index (χ1) is 8.13. The molecule has 0 atom stereocenters. The molecule has 0 spiro atoms. The van der Waals surface area contributed by atoms with Gasteiger partial charge in [0.2, 0.25) is 5.78 Å². The Morgan fingerprint density at radius 3 is 2.88 bits per heavy atom. The Hall–Kier alpha value is -1.62. The normalized spacial score (nSPS) is 10.5. The molecule has 0 unspecified atom stereocenters. The Bertz CT molecular complexity index is 563. The average Bonchev–Trinajstić information content (AvgIpc) is 2.80. The van der Waals surface area contributed by atoms with Crippen LogP contribution in [0.3, 0.4) is 0 Å². The second-order valence-corrected chi connectivity index (χ2v) is 4.45. The third-order valence-corrected chi connectivity index (χ3v) is 3.20. The highest BCUT2D eigenvalue weighted by molar-refractivity contribution is 9.10. The zero-order valence-corrected chi connectivity index (χ0v) is 10.9. The molecule has 2 aromatic rings. The molecule has 0 saturated carbocycles. The minimum Gasteiger partial charge on any atom is -0.398 e. The molecule has 0 aliphatic carbocycles. The monoisotopic (exact) mass is 293 g/mol. The molecule has 1 aromatic carbocycles. The highest BCUT2D eigenvalue weighted by atomic mass is 79.9. The Balaban J connectivity index is 2.40. The molecule has 17 heavy (non-hydrogen) atoms. The molecule has 0 amide bonds. The number of hydrogen-bond donors (Lipinski definition) is 1. The summed E-state index contributed by atoms with van der Waals surface area (Å²) in [5, 5.41) is 4.08. The van der Waals surface area contributed by atoms with Crippen LogP contribution in [0.15, 0.2) is 34.9 Å². The maximum absolute atomic E-state index is 12.2. The second kappa shape index (κ2) is 4.71. The van der Waals surface area contributed by atoms with E-state index in [4.69, 9.17) is 5.73 Å². The summed E-state index contributed by atoms with van der Waals surface area (Å²) in [7, 11) is 0. The number of anilines is 1. The van der Waals surface area contributed by atoms with Gasteiger partial charge in [0.05, 0.1) is 0 Å². The van der Waals surface area contributed by atoms with E-state index in [1.54, 1.807) is 35.1 Å². The maximum Gasteiger partial charge on any atom is 0.211 e. The van der Waals surface area contributed by atoms with Crippen molar-refractivity contribution in [3.63, 3.8) is 0 Å². The van der Waals surface area contributed by atoms with Crippen molar-refractivity contribution in [2.24, 2.45) is 0 Å². The first-order valence-electron chi connectivity index (χ1n) is 5.25. The smallest absolute Gasteiger partial charge is 0.211 e. The summed E-state index contributed by atoms with van der Waals surface area (Å²) in [6.07, 6.45) is 1.63. The summed E-state index contributed by atoms with van der Waals surface area (Å²) in [4.78, 5) is 12.2. The van der Waals surface area contributed by atoms with Crippen molar-refractivity contribution in [3.8, 4) is 0 Å². The minimum absolute atomic E-state index is 0.0509. The van der Waals surface area contributed by atoms with Gasteiger partial charge in [0.1, 0.15) is 5.69 Å². The first-order valence-corrected chi connectivity index (χ1v) is 6.04. The van der Waals surface area contributed by atoms with Crippen LogP contribution in [0, 0.1) is 0 Å². The van der Waals surface area contributed by atoms with Gasteiger partial charge in [-0.2, -0.15) is 5.10 Å². The van der Waals surface area contributed by atoms with E-state index in [2.05, 4.69) is 21.0 Å². The van der Waals surface area contributed by atoms with Crippen molar-refractivity contribution in [1.29, 1.82) is 0 Å². The van der Waals surface area contributed by atoms with E-state index >= 15 is 0 Å². The number of ketones is 1. The molecule has 5 heteroatoms. The van der Waals surface area contributed by atoms with Gasteiger partial charge in [0.25, 0.3) is 0 Å². The third-order valence-electron chi connectivity index (χ3n) is 2.51. The highest BCUT2D eigenvalue weighted by Gasteiger charge is 2.14. The van der Waals surface area contributed by atoms with Gasteiger partial charge in [-0.15, -0.1) is 0 Å². The molecule has 88 valence electrons. The number of halogens is 1. The summed E-state index contributed by atoms with van der Waals surface area (Å²) in [6, 6.07) is 6.88. The van der Waals surface area contributed by atoms with Gasteiger partial charge in [0.15, 0.2) is 0 Å². The van der Waals surface area contributed by atoms with E-state index in [-0.39, 0.29) is 5.78 Å². The Morgan fingerprint density at radius 1 is 1.47 bits per heavy atom. The van der Waals surface area contributed by atoms with Crippen LogP contribution in [0.5, 0.6) is 0 Å². The van der Waals surface area contributed by atoms with Crippen molar-refractivity contribution < 1.29 is 4.79 Å². The van der Waals surface area contributed by atoms with Gasteiger partial charge in [-0.3, -0.25) is 9.48 Å². The molecule has 2 N–H and O–H groups in total. The summed E-state index contributed by atoms with van der Waals surface area (Å²) >= 11 is 3.31. The first kappa shape index (κ1) is 11.9. The standard InChI is InChI=1S/C12H12BrN3O/c1-2-16-11(5-6-15-16)12(17)8-3-4-10(14)9(13)7-8/h3-7H,2,14H2,1H3. The molecular weight excluding hydrogens is 282 g/mol. The molecule has 4 nitrogen and oxygen atoms in total. The van der Waals surface area contributed by atoms with Gasteiger partial charge in [-0.05, 0) is 47.1 Å². The van der Waals surface area contributed by atoms with Crippen LogP contribution < -0.4 is 5.73 Å². The number of aryl methyl sites for hydroxylation is 1. The lowest BCUT2D eigenvalue weighted by Crippen LogP contribution is -2.10. The molecule has 0 radical (unpaired) electrons. The predicted molar refractivity (Wildman–Crippen MR) is 69.9 cm³/mol. The quantitative estimate of drug-likeness (QED) is 0.699. The summed E-state index contributed by atoms with van der Waals surface area (Å²) in [6.45, 7) is 2.62.